The van der Waals surface area contributed by atoms with Crippen LogP contribution in [-0.2, 0) is 16.6 Å². The number of thioether (sulfide) groups is 1. The number of carbonyl (C=O) groups excluding carboxylic acids is 1. The maximum atomic E-state index is 13.0. The molecule has 1 aliphatic rings. The number of sulfonamides is 1. The number of nitrogens with zero attached hydrogens (tertiary/aromatic N) is 3. The quantitative estimate of drug-likeness (QED) is 0.609. The lowest BCUT2D eigenvalue weighted by molar-refractivity contribution is 0.102. The summed E-state index contributed by atoms with van der Waals surface area (Å²) < 4.78 is 28.6. The topological polar surface area (TPSA) is 101 Å². The van der Waals surface area contributed by atoms with E-state index in [9.17, 15) is 18.0 Å². The van der Waals surface area contributed by atoms with Gasteiger partial charge in [0.1, 0.15) is 5.56 Å². The van der Waals surface area contributed by atoms with Gasteiger partial charge in [-0.25, -0.2) is 13.4 Å². The molecule has 10 heteroatoms. The van der Waals surface area contributed by atoms with Crippen molar-refractivity contribution in [1.29, 1.82) is 0 Å². The Kier molecular flexibility index (Phi) is 5.35. The summed E-state index contributed by atoms with van der Waals surface area (Å²) in [7, 11) is -2.37. The van der Waals surface area contributed by atoms with Gasteiger partial charge in [0, 0.05) is 31.2 Å². The summed E-state index contributed by atoms with van der Waals surface area (Å²) in [6, 6.07) is 14.6. The van der Waals surface area contributed by atoms with Crippen molar-refractivity contribution in [2.75, 3.05) is 22.4 Å². The average Bonchev–Trinajstić information content (AvgIpc) is 3.24. The molecule has 0 unspecified atom stereocenters. The minimum absolute atomic E-state index is 0.0202. The number of carbonyl (C=O) groups is 1. The molecule has 0 spiro atoms. The van der Waals surface area contributed by atoms with E-state index in [2.05, 4.69) is 10.3 Å². The van der Waals surface area contributed by atoms with E-state index in [0.717, 1.165) is 5.75 Å². The number of benzene rings is 2. The number of rotatable bonds is 5. The molecule has 2 heterocycles. The molecule has 1 aliphatic heterocycles. The van der Waals surface area contributed by atoms with Crippen molar-refractivity contribution in [1.82, 2.24) is 9.55 Å². The number of amides is 1. The van der Waals surface area contributed by atoms with Crippen LogP contribution in [0.1, 0.15) is 10.4 Å². The molecule has 8 nitrogen and oxygen atoms in total. The van der Waals surface area contributed by atoms with Gasteiger partial charge < -0.3 is 5.32 Å². The molecule has 0 saturated heterocycles. The third kappa shape index (κ3) is 3.71. The van der Waals surface area contributed by atoms with Crippen LogP contribution in [-0.4, -0.2) is 36.7 Å². The Bertz CT molecular complexity index is 1270. The Hall–Kier alpha value is -3.11. The Labute approximate surface area is 177 Å². The number of para-hydroxylation sites is 1. The van der Waals surface area contributed by atoms with Crippen LogP contribution in [0.3, 0.4) is 0 Å². The van der Waals surface area contributed by atoms with E-state index in [1.807, 2.05) is 0 Å². The van der Waals surface area contributed by atoms with Crippen molar-refractivity contribution < 1.29 is 13.2 Å². The Balaban J connectivity index is 1.60. The SMILES string of the molecule is CN(c1ccccc1)S(=O)(=O)c1cccc(NC(=O)c2cnc3n(c2=O)CCS3)c1. The number of fused-ring (bicyclic) bond motifs is 1. The molecule has 154 valence electrons. The highest BCUT2D eigenvalue weighted by molar-refractivity contribution is 7.99. The molecular formula is C20H18N4O4S2. The highest BCUT2D eigenvalue weighted by Gasteiger charge is 2.23. The van der Waals surface area contributed by atoms with E-state index in [4.69, 9.17) is 0 Å². The molecule has 30 heavy (non-hydrogen) atoms. The van der Waals surface area contributed by atoms with Gasteiger partial charge >= 0.3 is 0 Å². The van der Waals surface area contributed by atoms with Crippen LogP contribution in [0.15, 0.2) is 75.6 Å². The minimum Gasteiger partial charge on any atom is -0.322 e. The van der Waals surface area contributed by atoms with Crippen molar-refractivity contribution in [2.45, 2.75) is 16.6 Å². The van der Waals surface area contributed by atoms with Gasteiger partial charge in [-0.15, -0.1) is 0 Å². The smallest absolute Gasteiger partial charge is 0.267 e. The fraction of sp³-hybridized carbons (Fsp3) is 0.150. The summed E-state index contributed by atoms with van der Waals surface area (Å²) in [5, 5.41) is 3.19. The Morgan fingerprint density at radius 3 is 2.70 bits per heavy atom. The predicted molar refractivity (Wildman–Crippen MR) is 116 cm³/mol. The number of hydrogen-bond acceptors (Lipinski definition) is 6. The molecule has 0 atom stereocenters. The van der Waals surface area contributed by atoms with Gasteiger partial charge in [-0.05, 0) is 30.3 Å². The summed E-state index contributed by atoms with van der Waals surface area (Å²) in [5.74, 6) is 0.105. The number of nitrogens with one attached hydrogen (secondary N) is 1. The van der Waals surface area contributed by atoms with Crippen LogP contribution in [0.5, 0.6) is 0 Å². The Morgan fingerprint density at radius 2 is 1.93 bits per heavy atom. The molecule has 0 radical (unpaired) electrons. The first kappa shape index (κ1) is 20.2. The summed E-state index contributed by atoms with van der Waals surface area (Å²) in [5.41, 5.74) is 0.287. The molecule has 4 rings (SSSR count). The van der Waals surface area contributed by atoms with E-state index < -0.39 is 21.5 Å². The Morgan fingerprint density at radius 1 is 1.17 bits per heavy atom. The first-order valence-corrected chi connectivity index (χ1v) is 11.5. The third-order valence-electron chi connectivity index (χ3n) is 4.67. The standard InChI is InChI=1S/C20H18N4O4S2/c1-23(15-7-3-2-4-8-15)30(27,28)16-9-5-6-14(12-16)22-18(25)17-13-21-20-24(19(17)26)10-11-29-20/h2-9,12-13H,10-11H2,1H3,(H,22,25). The zero-order valence-corrected chi connectivity index (χ0v) is 17.6. The average molecular weight is 443 g/mol. The van der Waals surface area contributed by atoms with E-state index in [-0.39, 0.29) is 16.1 Å². The van der Waals surface area contributed by atoms with Crippen LogP contribution >= 0.6 is 11.8 Å². The van der Waals surface area contributed by atoms with E-state index in [0.29, 0.717) is 17.4 Å². The number of anilines is 2. The van der Waals surface area contributed by atoms with Crippen LogP contribution in [0.2, 0.25) is 0 Å². The first-order valence-electron chi connectivity index (χ1n) is 9.06. The normalized spacial score (nSPS) is 13.0. The van der Waals surface area contributed by atoms with Gasteiger partial charge in [0.05, 0.1) is 10.6 Å². The molecule has 0 saturated carbocycles. The van der Waals surface area contributed by atoms with Gasteiger partial charge in [-0.1, -0.05) is 36.0 Å². The minimum atomic E-state index is -3.83. The van der Waals surface area contributed by atoms with E-state index >= 15 is 0 Å². The summed E-state index contributed by atoms with van der Waals surface area (Å²) >= 11 is 1.46. The number of aromatic nitrogens is 2. The van der Waals surface area contributed by atoms with Gasteiger partial charge in [-0.2, -0.15) is 0 Å². The lowest BCUT2D eigenvalue weighted by Crippen LogP contribution is -2.29. The van der Waals surface area contributed by atoms with E-state index in [1.165, 1.54) is 52.1 Å². The largest absolute Gasteiger partial charge is 0.322 e. The molecule has 3 aromatic rings. The zero-order valence-electron chi connectivity index (χ0n) is 16.0. The summed E-state index contributed by atoms with van der Waals surface area (Å²) in [6.45, 7) is 0.506. The van der Waals surface area contributed by atoms with Gasteiger partial charge in [0.25, 0.3) is 21.5 Å². The third-order valence-corrected chi connectivity index (χ3v) is 7.42. The molecular weight excluding hydrogens is 424 g/mol. The second-order valence-electron chi connectivity index (χ2n) is 6.55. The molecule has 1 N–H and O–H groups in total. The van der Waals surface area contributed by atoms with Gasteiger partial charge in [0.15, 0.2) is 5.16 Å². The highest BCUT2D eigenvalue weighted by Crippen LogP contribution is 2.24. The van der Waals surface area contributed by atoms with Crippen molar-refractivity contribution in [3.63, 3.8) is 0 Å². The van der Waals surface area contributed by atoms with Crippen molar-refractivity contribution >= 4 is 39.1 Å². The molecule has 0 bridgehead atoms. The van der Waals surface area contributed by atoms with Crippen molar-refractivity contribution in [3.05, 3.63) is 76.7 Å². The van der Waals surface area contributed by atoms with E-state index in [1.54, 1.807) is 36.4 Å². The summed E-state index contributed by atoms with van der Waals surface area (Å²) in [4.78, 5) is 29.3. The van der Waals surface area contributed by atoms with Crippen molar-refractivity contribution in [2.24, 2.45) is 0 Å². The second kappa shape index (κ2) is 7.96. The molecule has 1 amide bonds. The maximum Gasteiger partial charge on any atom is 0.267 e. The lowest BCUT2D eigenvalue weighted by Gasteiger charge is -2.19. The van der Waals surface area contributed by atoms with Crippen LogP contribution < -0.4 is 15.2 Å². The second-order valence-corrected chi connectivity index (χ2v) is 9.58. The summed E-state index contributed by atoms with van der Waals surface area (Å²) in [6.07, 6.45) is 1.26. The lowest BCUT2D eigenvalue weighted by atomic mass is 10.2. The monoisotopic (exact) mass is 442 g/mol. The van der Waals surface area contributed by atoms with Crippen molar-refractivity contribution in [3.8, 4) is 0 Å². The molecule has 2 aromatic carbocycles. The first-order chi connectivity index (χ1) is 14.4. The molecule has 0 fully saturated rings. The zero-order chi connectivity index (χ0) is 21.3. The van der Waals surface area contributed by atoms with Crippen LogP contribution in [0, 0.1) is 0 Å². The van der Waals surface area contributed by atoms with Gasteiger partial charge in [0.2, 0.25) is 0 Å². The molecule has 0 aliphatic carbocycles. The fourth-order valence-corrected chi connectivity index (χ4v) is 5.20. The fourth-order valence-electron chi connectivity index (χ4n) is 3.04. The van der Waals surface area contributed by atoms with Crippen LogP contribution in [0.25, 0.3) is 0 Å². The maximum absolute atomic E-state index is 13.0. The van der Waals surface area contributed by atoms with Gasteiger partial charge in [-0.3, -0.25) is 18.5 Å². The van der Waals surface area contributed by atoms with Crippen LogP contribution in [0.4, 0.5) is 11.4 Å². The number of hydrogen-bond donors (Lipinski definition) is 1. The highest BCUT2D eigenvalue weighted by atomic mass is 32.2. The molecule has 1 aromatic heterocycles. The predicted octanol–water partition coefficient (Wildman–Crippen LogP) is 2.43.